The summed E-state index contributed by atoms with van der Waals surface area (Å²) in [5, 5.41) is 13.9. The van der Waals surface area contributed by atoms with Crippen LogP contribution in [0.4, 0.5) is 4.79 Å². The molecule has 0 radical (unpaired) electrons. The van der Waals surface area contributed by atoms with Crippen LogP contribution in [0.25, 0.3) is 10.9 Å². The van der Waals surface area contributed by atoms with Crippen molar-refractivity contribution >= 4 is 22.9 Å². The maximum Gasteiger partial charge on any atom is 0.407 e. The molecule has 2 atom stereocenters. The molecule has 0 bridgehead atoms. The van der Waals surface area contributed by atoms with E-state index in [2.05, 4.69) is 20.8 Å². The number of alkyl carbamates (subject to hydrolysis) is 1. The summed E-state index contributed by atoms with van der Waals surface area (Å²) in [5.74, 6) is -0.0847. The Labute approximate surface area is 159 Å². The van der Waals surface area contributed by atoms with Crippen LogP contribution in [0.5, 0.6) is 0 Å². The highest BCUT2D eigenvalue weighted by Crippen LogP contribution is 2.22. The van der Waals surface area contributed by atoms with E-state index in [0.717, 1.165) is 35.7 Å². The van der Waals surface area contributed by atoms with E-state index >= 15 is 0 Å². The van der Waals surface area contributed by atoms with Crippen molar-refractivity contribution in [3.8, 4) is 0 Å². The van der Waals surface area contributed by atoms with Crippen molar-refractivity contribution in [1.29, 1.82) is 0 Å². The second kappa shape index (κ2) is 7.58. The van der Waals surface area contributed by atoms with Crippen LogP contribution in [0.1, 0.15) is 62.4 Å². The molecule has 2 amide bonds. The number of amides is 2. The lowest BCUT2D eigenvalue weighted by atomic mass is 9.90. The quantitative estimate of drug-likeness (QED) is 0.769. The highest BCUT2D eigenvalue weighted by atomic mass is 16.6. The van der Waals surface area contributed by atoms with Gasteiger partial charge in [-0.25, -0.2) is 4.79 Å². The number of carbonyl (C=O) groups excluding carboxylic acids is 2. The molecule has 1 aliphatic rings. The van der Waals surface area contributed by atoms with E-state index in [1.54, 1.807) is 6.20 Å². The predicted molar refractivity (Wildman–Crippen MR) is 104 cm³/mol. The van der Waals surface area contributed by atoms with Crippen molar-refractivity contribution in [3.05, 3.63) is 29.5 Å². The number of aryl methyl sites for hydroxylation is 1. The topological polar surface area (TPSA) is 96.1 Å². The molecule has 27 heavy (non-hydrogen) atoms. The fraction of sp³-hybridized carbons (Fsp3) is 0.550. The Morgan fingerprint density at radius 1 is 1.19 bits per heavy atom. The molecule has 7 heteroatoms. The minimum atomic E-state index is -0.518. The smallest absolute Gasteiger partial charge is 0.407 e. The third-order valence-electron chi connectivity index (χ3n) is 4.87. The summed E-state index contributed by atoms with van der Waals surface area (Å²) in [5.41, 5.74) is 1.97. The predicted octanol–water partition coefficient (Wildman–Crippen LogP) is 3.44. The molecular formula is C20H28N4O3. The van der Waals surface area contributed by atoms with Gasteiger partial charge < -0.3 is 15.4 Å². The van der Waals surface area contributed by atoms with Crippen LogP contribution in [0, 0.1) is 6.92 Å². The maximum atomic E-state index is 12.8. The van der Waals surface area contributed by atoms with Crippen LogP contribution in [-0.2, 0) is 4.74 Å². The van der Waals surface area contributed by atoms with Crippen LogP contribution in [0.15, 0.2) is 18.3 Å². The van der Waals surface area contributed by atoms with Crippen LogP contribution in [0.2, 0.25) is 0 Å². The molecule has 1 heterocycles. The summed E-state index contributed by atoms with van der Waals surface area (Å²) < 4.78 is 5.33. The van der Waals surface area contributed by atoms with Gasteiger partial charge in [0, 0.05) is 23.0 Å². The summed E-state index contributed by atoms with van der Waals surface area (Å²) in [6.07, 6.45) is 4.80. The number of benzene rings is 1. The number of fused-ring (bicyclic) bond motifs is 1. The number of aromatic amines is 1. The van der Waals surface area contributed by atoms with E-state index in [-0.39, 0.29) is 18.0 Å². The van der Waals surface area contributed by atoms with Gasteiger partial charge in [0.2, 0.25) is 0 Å². The molecule has 2 aromatic rings. The number of hydrogen-bond donors (Lipinski definition) is 3. The molecule has 3 N–H and O–H groups in total. The Morgan fingerprint density at radius 3 is 2.59 bits per heavy atom. The van der Waals surface area contributed by atoms with Gasteiger partial charge >= 0.3 is 6.09 Å². The van der Waals surface area contributed by atoms with Gasteiger partial charge in [-0.2, -0.15) is 5.10 Å². The number of nitrogens with zero attached hydrogens (tertiary/aromatic N) is 1. The van der Waals surface area contributed by atoms with E-state index in [1.165, 1.54) is 0 Å². The highest BCUT2D eigenvalue weighted by molar-refractivity contribution is 6.00. The average Bonchev–Trinajstić information content (AvgIpc) is 3.03. The zero-order valence-corrected chi connectivity index (χ0v) is 16.4. The van der Waals surface area contributed by atoms with Crippen LogP contribution >= 0.6 is 0 Å². The first-order valence-electron chi connectivity index (χ1n) is 9.46. The zero-order chi connectivity index (χ0) is 19.6. The lowest BCUT2D eigenvalue weighted by molar-refractivity contribution is 0.0489. The van der Waals surface area contributed by atoms with Gasteiger partial charge in [0.05, 0.1) is 11.7 Å². The number of ether oxygens (including phenoxy) is 1. The fourth-order valence-electron chi connectivity index (χ4n) is 3.59. The lowest BCUT2D eigenvalue weighted by Crippen LogP contribution is -2.47. The van der Waals surface area contributed by atoms with Gasteiger partial charge in [-0.3, -0.25) is 9.89 Å². The SMILES string of the molecule is Cc1c(C(=O)NC2CCCC(NC(=O)OC(C)(C)C)C2)ccc2[nH]ncc12. The largest absolute Gasteiger partial charge is 0.444 e. The molecule has 1 aromatic heterocycles. The van der Waals surface area contributed by atoms with Crippen LogP contribution < -0.4 is 10.6 Å². The summed E-state index contributed by atoms with van der Waals surface area (Å²) in [6.45, 7) is 7.46. The Bertz CT molecular complexity index is 837. The fourth-order valence-corrected chi connectivity index (χ4v) is 3.59. The summed E-state index contributed by atoms with van der Waals surface area (Å²) in [4.78, 5) is 24.8. The summed E-state index contributed by atoms with van der Waals surface area (Å²) in [6, 6.07) is 3.74. The van der Waals surface area contributed by atoms with Gasteiger partial charge in [0.15, 0.2) is 0 Å². The Hall–Kier alpha value is -2.57. The standard InChI is InChI=1S/C20H28N4O3/c1-12-15(8-9-17-16(12)11-21-24-17)18(25)22-13-6-5-7-14(10-13)23-19(26)27-20(2,3)4/h8-9,11,13-14H,5-7,10H2,1-4H3,(H,21,24)(H,22,25)(H,23,26). The van der Waals surface area contributed by atoms with E-state index < -0.39 is 11.7 Å². The van der Waals surface area contributed by atoms with E-state index in [4.69, 9.17) is 4.74 Å². The van der Waals surface area contributed by atoms with Crippen molar-refractivity contribution < 1.29 is 14.3 Å². The average molecular weight is 372 g/mol. The van der Waals surface area contributed by atoms with Crippen molar-refractivity contribution in [1.82, 2.24) is 20.8 Å². The number of nitrogens with one attached hydrogen (secondary N) is 3. The molecule has 1 fully saturated rings. The number of H-pyrrole nitrogens is 1. The first-order chi connectivity index (χ1) is 12.7. The third kappa shape index (κ3) is 4.78. The number of carbonyl (C=O) groups is 2. The van der Waals surface area contributed by atoms with Gasteiger partial charge in [-0.1, -0.05) is 0 Å². The second-order valence-electron chi connectivity index (χ2n) is 8.25. The minimum absolute atomic E-state index is 0.0105. The molecule has 1 aromatic carbocycles. The molecule has 3 rings (SSSR count). The lowest BCUT2D eigenvalue weighted by Gasteiger charge is -2.31. The van der Waals surface area contributed by atoms with Crippen molar-refractivity contribution in [3.63, 3.8) is 0 Å². The van der Waals surface area contributed by atoms with E-state index in [9.17, 15) is 9.59 Å². The second-order valence-corrected chi connectivity index (χ2v) is 8.25. The van der Waals surface area contributed by atoms with Crippen LogP contribution in [-0.4, -0.2) is 39.9 Å². The molecule has 146 valence electrons. The minimum Gasteiger partial charge on any atom is -0.444 e. The molecular weight excluding hydrogens is 344 g/mol. The molecule has 1 aliphatic carbocycles. The van der Waals surface area contributed by atoms with Crippen LogP contribution in [0.3, 0.4) is 0 Å². The van der Waals surface area contributed by atoms with Crippen molar-refractivity contribution in [2.24, 2.45) is 0 Å². The Kier molecular flexibility index (Phi) is 5.39. The molecule has 0 spiro atoms. The first-order valence-corrected chi connectivity index (χ1v) is 9.46. The van der Waals surface area contributed by atoms with Gasteiger partial charge in [0.25, 0.3) is 5.91 Å². The van der Waals surface area contributed by atoms with E-state index in [0.29, 0.717) is 12.0 Å². The first kappa shape index (κ1) is 19.2. The molecule has 1 saturated carbocycles. The van der Waals surface area contributed by atoms with Gasteiger partial charge in [-0.05, 0) is 71.1 Å². The number of hydrogen-bond acceptors (Lipinski definition) is 4. The number of rotatable bonds is 3. The monoisotopic (exact) mass is 372 g/mol. The zero-order valence-electron chi connectivity index (χ0n) is 16.4. The third-order valence-corrected chi connectivity index (χ3v) is 4.87. The highest BCUT2D eigenvalue weighted by Gasteiger charge is 2.27. The van der Waals surface area contributed by atoms with Gasteiger partial charge in [-0.15, -0.1) is 0 Å². The summed E-state index contributed by atoms with van der Waals surface area (Å²) in [7, 11) is 0. The van der Waals surface area contributed by atoms with Crippen molar-refractivity contribution in [2.45, 2.75) is 71.1 Å². The maximum absolute atomic E-state index is 12.8. The molecule has 0 aliphatic heterocycles. The van der Waals surface area contributed by atoms with E-state index in [1.807, 2.05) is 39.8 Å². The molecule has 2 unspecified atom stereocenters. The number of aromatic nitrogens is 2. The summed E-state index contributed by atoms with van der Waals surface area (Å²) >= 11 is 0. The van der Waals surface area contributed by atoms with Crippen molar-refractivity contribution in [2.75, 3.05) is 0 Å². The molecule has 7 nitrogen and oxygen atoms in total. The Balaban J connectivity index is 1.60. The Morgan fingerprint density at radius 2 is 1.89 bits per heavy atom. The van der Waals surface area contributed by atoms with Gasteiger partial charge in [0.1, 0.15) is 5.60 Å². The normalized spacial score (nSPS) is 20.3. The molecule has 0 saturated heterocycles.